The SMILES string of the molecule is O=C(c1ccccc1)N1CCN(C2CN(C(=O)c3cc4ccc(-c5ccc(C(F)(F)F)cc5)cc4s3)C2)CC1. The Kier molecular flexibility index (Phi) is 6.64. The molecule has 0 bridgehead atoms. The van der Waals surface area contributed by atoms with Gasteiger partial charge in [-0.25, -0.2) is 0 Å². The van der Waals surface area contributed by atoms with Crippen molar-refractivity contribution in [2.24, 2.45) is 0 Å². The Labute approximate surface area is 228 Å². The van der Waals surface area contributed by atoms with E-state index in [0.717, 1.165) is 40.9 Å². The van der Waals surface area contributed by atoms with Gasteiger partial charge in [0.15, 0.2) is 0 Å². The molecule has 4 aromatic rings. The van der Waals surface area contributed by atoms with Crippen LogP contribution in [-0.4, -0.2) is 71.8 Å². The number of hydrogen-bond acceptors (Lipinski definition) is 4. The molecule has 39 heavy (non-hydrogen) atoms. The molecule has 3 aromatic carbocycles. The van der Waals surface area contributed by atoms with Gasteiger partial charge in [0, 0.05) is 55.6 Å². The van der Waals surface area contributed by atoms with Crippen LogP contribution in [0.1, 0.15) is 25.6 Å². The van der Waals surface area contributed by atoms with Gasteiger partial charge in [-0.3, -0.25) is 14.5 Å². The van der Waals surface area contributed by atoms with Crippen LogP contribution in [0.3, 0.4) is 0 Å². The Hall–Kier alpha value is -3.69. The van der Waals surface area contributed by atoms with Crippen LogP contribution in [0.4, 0.5) is 13.2 Å². The fraction of sp³-hybridized carbons (Fsp3) is 0.267. The second-order valence-electron chi connectivity index (χ2n) is 10.00. The van der Waals surface area contributed by atoms with Gasteiger partial charge in [0.05, 0.1) is 10.4 Å². The molecule has 0 unspecified atom stereocenters. The summed E-state index contributed by atoms with van der Waals surface area (Å²) in [5.74, 6) is 0.0633. The fourth-order valence-corrected chi connectivity index (χ4v) is 6.30. The summed E-state index contributed by atoms with van der Waals surface area (Å²) in [6.45, 7) is 4.26. The van der Waals surface area contributed by atoms with Gasteiger partial charge < -0.3 is 9.80 Å². The van der Waals surface area contributed by atoms with E-state index in [4.69, 9.17) is 0 Å². The minimum Gasteiger partial charge on any atom is -0.336 e. The zero-order chi connectivity index (χ0) is 27.1. The Balaban J connectivity index is 1.05. The van der Waals surface area contributed by atoms with Crippen LogP contribution in [0, 0.1) is 0 Å². The van der Waals surface area contributed by atoms with Gasteiger partial charge in [0.25, 0.3) is 11.8 Å². The zero-order valence-corrected chi connectivity index (χ0v) is 21.8. The van der Waals surface area contributed by atoms with Crippen LogP contribution < -0.4 is 0 Å². The van der Waals surface area contributed by atoms with Gasteiger partial charge in [0.2, 0.25) is 0 Å². The third-order valence-electron chi connectivity index (χ3n) is 7.56. The highest BCUT2D eigenvalue weighted by atomic mass is 32.1. The summed E-state index contributed by atoms with van der Waals surface area (Å²) in [4.78, 5) is 32.6. The highest BCUT2D eigenvalue weighted by molar-refractivity contribution is 7.20. The average Bonchev–Trinajstić information content (AvgIpc) is 3.36. The lowest BCUT2D eigenvalue weighted by molar-refractivity contribution is -0.137. The molecule has 1 aromatic heterocycles. The summed E-state index contributed by atoms with van der Waals surface area (Å²) in [7, 11) is 0. The quantitative estimate of drug-likeness (QED) is 0.320. The third-order valence-corrected chi connectivity index (χ3v) is 8.65. The summed E-state index contributed by atoms with van der Waals surface area (Å²) >= 11 is 1.41. The summed E-state index contributed by atoms with van der Waals surface area (Å²) < 4.78 is 39.6. The molecule has 2 aliphatic heterocycles. The molecule has 6 rings (SSSR count). The van der Waals surface area contributed by atoms with Gasteiger partial charge in [0.1, 0.15) is 0 Å². The highest BCUT2D eigenvalue weighted by Crippen LogP contribution is 2.34. The van der Waals surface area contributed by atoms with Crippen molar-refractivity contribution >= 4 is 33.2 Å². The number of fused-ring (bicyclic) bond motifs is 1. The second-order valence-corrected chi connectivity index (χ2v) is 11.1. The molecule has 0 atom stereocenters. The van der Waals surface area contributed by atoms with Crippen molar-refractivity contribution < 1.29 is 22.8 Å². The first-order valence-corrected chi connectivity index (χ1v) is 13.7. The van der Waals surface area contributed by atoms with E-state index in [9.17, 15) is 22.8 Å². The maximum Gasteiger partial charge on any atom is 0.416 e. The van der Waals surface area contributed by atoms with Crippen LogP contribution in [0.2, 0.25) is 0 Å². The number of rotatable bonds is 4. The molecule has 0 radical (unpaired) electrons. The van der Waals surface area contributed by atoms with Crippen molar-refractivity contribution in [1.82, 2.24) is 14.7 Å². The molecule has 0 saturated carbocycles. The van der Waals surface area contributed by atoms with Crippen molar-refractivity contribution in [1.29, 1.82) is 0 Å². The van der Waals surface area contributed by atoms with Gasteiger partial charge >= 0.3 is 6.18 Å². The smallest absolute Gasteiger partial charge is 0.336 e. The summed E-state index contributed by atoms with van der Waals surface area (Å²) in [6.07, 6.45) is -4.36. The highest BCUT2D eigenvalue weighted by Gasteiger charge is 2.37. The lowest BCUT2D eigenvalue weighted by Gasteiger charge is -2.48. The normalized spacial score (nSPS) is 16.9. The van der Waals surface area contributed by atoms with Crippen LogP contribution >= 0.6 is 11.3 Å². The standard InChI is InChI=1S/C30H26F3N3O2S/c31-30(32,33)24-10-8-20(9-11-24)22-6-7-23-17-27(39-26(23)16-22)29(38)36-18-25(19-36)34-12-14-35(15-13-34)28(37)21-4-2-1-3-5-21/h1-11,16-17,25H,12-15,18-19H2. The van der Waals surface area contributed by atoms with Gasteiger partial charge in [-0.2, -0.15) is 13.2 Å². The lowest BCUT2D eigenvalue weighted by atomic mass is 10.0. The van der Waals surface area contributed by atoms with Crippen LogP contribution in [0.15, 0.2) is 78.9 Å². The monoisotopic (exact) mass is 549 g/mol. The molecule has 9 heteroatoms. The number of alkyl halides is 3. The summed E-state index contributed by atoms with van der Waals surface area (Å²) in [6, 6.07) is 22.3. The van der Waals surface area contributed by atoms with Gasteiger partial charge in [-0.05, 0) is 52.9 Å². The van der Waals surface area contributed by atoms with E-state index >= 15 is 0 Å². The molecule has 2 saturated heterocycles. The summed E-state index contributed by atoms with van der Waals surface area (Å²) in [5, 5.41) is 0.940. The number of carbonyl (C=O) groups excluding carboxylic acids is 2. The van der Waals surface area contributed by atoms with Crippen LogP contribution in [0.5, 0.6) is 0 Å². The minimum absolute atomic E-state index is 0.00132. The Morgan fingerprint density at radius 2 is 1.41 bits per heavy atom. The van der Waals surface area contributed by atoms with Crippen molar-refractivity contribution in [2.45, 2.75) is 12.2 Å². The topological polar surface area (TPSA) is 43.9 Å². The molecule has 5 nitrogen and oxygen atoms in total. The average molecular weight is 550 g/mol. The second kappa shape index (κ2) is 10.1. The molecular formula is C30H26F3N3O2S. The van der Waals surface area contributed by atoms with Gasteiger partial charge in [-0.15, -0.1) is 11.3 Å². The molecule has 0 spiro atoms. The molecule has 0 N–H and O–H groups in total. The number of hydrogen-bond donors (Lipinski definition) is 0. The molecule has 2 amide bonds. The van der Waals surface area contributed by atoms with E-state index in [1.807, 2.05) is 64.4 Å². The van der Waals surface area contributed by atoms with Crippen LogP contribution in [0.25, 0.3) is 21.2 Å². The van der Waals surface area contributed by atoms with Crippen molar-refractivity contribution in [3.8, 4) is 11.1 Å². The molecule has 2 aliphatic rings. The third kappa shape index (κ3) is 5.16. The Bertz CT molecular complexity index is 1500. The van der Waals surface area contributed by atoms with E-state index in [-0.39, 0.29) is 11.8 Å². The maximum atomic E-state index is 13.2. The Morgan fingerprint density at radius 1 is 0.744 bits per heavy atom. The minimum atomic E-state index is -4.36. The lowest BCUT2D eigenvalue weighted by Crippen LogP contribution is -2.64. The van der Waals surface area contributed by atoms with Crippen molar-refractivity contribution in [3.63, 3.8) is 0 Å². The van der Waals surface area contributed by atoms with E-state index in [1.54, 1.807) is 0 Å². The molecule has 3 heterocycles. The molecule has 0 aliphatic carbocycles. The van der Waals surface area contributed by atoms with E-state index in [1.165, 1.54) is 23.5 Å². The van der Waals surface area contributed by atoms with Crippen molar-refractivity contribution in [3.05, 3.63) is 94.9 Å². The number of carbonyl (C=O) groups is 2. The zero-order valence-electron chi connectivity index (χ0n) is 21.0. The van der Waals surface area contributed by atoms with E-state index in [0.29, 0.717) is 48.2 Å². The first kappa shape index (κ1) is 25.6. The number of benzene rings is 3. The first-order chi connectivity index (χ1) is 18.8. The predicted octanol–water partition coefficient (Wildman–Crippen LogP) is 5.87. The molecular weight excluding hydrogens is 523 g/mol. The number of likely N-dealkylation sites (tertiary alicyclic amines) is 1. The number of thiophene rings is 1. The van der Waals surface area contributed by atoms with Gasteiger partial charge in [-0.1, -0.05) is 42.5 Å². The van der Waals surface area contributed by atoms with Crippen molar-refractivity contribution in [2.75, 3.05) is 39.3 Å². The van der Waals surface area contributed by atoms with E-state index < -0.39 is 11.7 Å². The largest absolute Gasteiger partial charge is 0.416 e. The maximum absolute atomic E-state index is 13.2. The summed E-state index contributed by atoms with van der Waals surface area (Å²) in [5.41, 5.74) is 1.54. The predicted molar refractivity (Wildman–Crippen MR) is 146 cm³/mol. The molecule has 200 valence electrons. The van der Waals surface area contributed by atoms with E-state index in [2.05, 4.69) is 4.90 Å². The fourth-order valence-electron chi connectivity index (χ4n) is 5.23. The number of amides is 2. The van der Waals surface area contributed by atoms with Crippen LogP contribution in [-0.2, 0) is 6.18 Å². The number of piperazine rings is 1. The Morgan fingerprint density at radius 3 is 2.08 bits per heavy atom. The first-order valence-electron chi connectivity index (χ1n) is 12.9. The number of nitrogens with zero attached hydrogens (tertiary/aromatic N) is 3. The molecule has 2 fully saturated rings. The number of halogens is 3.